The molecule has 0 radical (unpaired) electrons. The fraction of sp³-hybridized carbons (Fsp3) is 0.500. The second-order valence-electron chi connectivity index (χ2n) is 4.69. The first kappa shape index (κ1) is 18.3. The number of hydrogen-bond acceptors (Lipinski definition) is 7. The van der Waals surface area contributed by atoms with Crippen molar-refractivity contribution in [3.05, 3.63) is 37.9 Å². The number of carbonyl (C=O) groups excluding carboxylic acids is 1. The highest BCUT2D eigenvalue weighted by molar-refractivity contribution is 5.94. The smallest absolute Gasteiger partial charge is 0.338 e. The van der Waals surface area contributed by atoms with Gasteiger partial charge in [-0.2, -0.15) is 0 Å². The van der Waals surface area contributed by atoms with E-state index in [1.54, 1.807) is 20.8 Å². The average molecular weight is 325 g/mol. The van der Waals surface area contributed by atoms with Crippen molar-refractivity contribution in [1.29, 1.82) is 0 Å². The van der Waals surface area contributed by atoms with Crippen molar-refractivity contribution in [3.8, 4) is 0 Å². The van der Waals surface area contributed by atoms with E-state index in [2.05, 4.69) is 0 Å². The van der Waals surface area contributed by atoms with Crippen molar-refractivity contribution >= 4 is 23.0 Å². The van der Waals surface area contributed by atoms with E-state index in [1.165, 1.54) is 4.90 Å². The summed E-state index contributed by atoms with van der Waals surface area (Å²) in [6, 6.07) is 2.05. The molecule has 9 heteroatoms. The molecule has 0 aliphatic carbocycles. The van der Waals surface area contributed by atoms with Crippen LogP contribution in [0.4, 0.5) is 17.1 Å². The molecule has 0 aliphatic rings. The summed E-state index contributed by atoms with van der Waals surface area (Å²) in [6.07, 6.45) is 0.577. The summed E-state index contributed by atoms with van der Waals surface area (Å²) in [5, 5.41) is 22.7. The summed E-state index contributed by atoms with van der Waals surface area (Å²) in [7, 11) is 0. The van der Waals surface area contributed by atoms with Gasteiger partial charge >= 0.3 is 17.3 Å². The van der Waals surface area contributed by atoms with E-state index >= 15 is 0 Å². The van der Waals surface area contributed by atoms with Crippen LogP contribution in [0.2, 0.25) is 0 Å². The van der Waals surface area contributed by atoms with E-state index in [9.17, 15) is 25.0 Å². The predicted molar refractivity (Wildman–Crippen MR) is 83.9 cm³/mol. The second-order valence-corrected chi connectivity index (χ2v) is 4.69. The highest BCUT2D eigenvalue weighted by Crippen LogP contribution is 2.38. The molecule has 0 bridgehead atoms. The first-order valence-electron chi connectivity index (χ1n) is 7.26. The zero-order chi connectivity index (χ0) is 17.6. The van der Waals surface area contributed by atoms with Crippen molar-refractivity contribution in [2.24, 2.45) is 0 Å². The first-order chi connectivity index (χ1) is 10.9. The molecule has 1 aromatic rings. The lowest BCUT2D eigenvalue weighted by atomic mass is 10.1. The van der Waals surface area contributed by atoms with Gasteiger partial charge in [-0.15, -0.1) is 0 Å². The van der Waals surface area contributed by atoms with Crippen molar-refractivity contribution in [1.82, 2.24) is 0 Å². The molecule has 1 rings (SSSR count). The monoisotopic (exact) mass is 325 g/mol. The summed E-state index contributed by atoms with van der Waals surface area (Å²) in [4.78, 5) is 34.6. The van der Waals surface area contributed by atoms with Crippen LogP contribution >= 0.6 is 0 Å². The van der Waals surface area contributed by atoms with Gasteiger partial charge in [0.15, 0.2) is 5.69 Å². The number of nitro groups is 2. The van der Waals surface area contributed by atoms with Gasteiger partial charge in [-0.25, -0.2) is 4.79 Å². The maximum atomic E-state index is 11.9. The molecule has 0 saturated heterocycles. The van der Waals surface area contributed by atoms with Gasteiger partial charge in [-0.3, -0.25) is 20.2 Å². The normalized spacial score (nSPS) is 10.2. The summed E-state index contributed by atoms with van der Waals surface area (Å²) < 4.78 is 4.90. The minimum atomic E-state index is -0.816. The number of benzene rings is 1. The minimum absolute atomic E-state index is 0.1000. The highest BCUT2D eigenvalue weighted by Gasteiger charge is 2.31. The van der Waals surface area contributed by atoms with E-state index < -0.39 is 27.2 Å². The zero-order valence-corrected chi connectivity index (χ0v) is 13.3. The summed E-state index contributed by atoms with van der Waals surface area (Å²) in [5.74, 6) is -0.816. The Balaban J connectivity index is 3.54. The molecule has 0 fully saturated rings. The van der Waals surface area contributed by atoms with Gasteiger partial charge in [0, 0.05) is 25.2 Å². The molecule has 1 aromatic carbocycles. The number of nitrogens with zero attached hydrogens (tertiary/aromatic N) is 3. The average Bonchev–Trinajstić information content (AvgIpc) is 2.53. The topological polar surface area (TPSA) is 116 Å². The van der Waals surface area contributed by atoms with Gasteiger partial charge in [-0.1, -0.05) is 6.92 Å². The van der Waals surface area contributed by atoms with Gasteiger partial charge in [0.05, 0.1) is 22.0 Å². The molecule has 0 unspecified atom stereocenters. The number of rotatable bonds is 8. The van der Waals surface area contributed by atoms with Gasteiger partial charge < -0.3 is 9.64 Å². The van der Waals surface area contributed by atoms with Crippen LogP contribution in [0.5, 0.6) is 0 Å². The van der Waals surface area contributed by atoms with Gasteiger partial charge in [0.25, 0.3) is 0 Å². The third-order valence-electron chi connectivity index (χ3n) is 3.22. The molecule has 0 aliphatic heterocycles. The van der Waals surface area contributed by atoms with Crippen LogP contribution in [0, 0.1) is 20.2 Å². The van der Waals surface area contributed by atoms with E-state index in [-0.39, 0.29) is 17.9 Å². The summed E-state index contributed by atoms with van der Waals surface area (Å²) >= 11 is 0. The number of ether oxygens (including phenoxy) is 1. The highest BCUT2D eigenvalue weighted by atomic mass is 16.6. The third kappa shape index (κ3) is 4.15. The second kappa shape index (κ2) is 8.06. The van der Waals surface area contributed by atoms with E-state index in [4.69, 9.17) is 4.74 Å². The van der Waals surface area contributed by atoms with Crippen LogP contribution in [-0.4, -0.2) is 35.5 Å². The van der Waals surface area contributed by atoms with Gasteiger partial charge in [-0.05, 0) is 20.3 Å². The maximum Gasteiger partial charge on any atom is 0.338 e. The number of carbonyl (C=O) groups is 1. The SMILES string of the molecule is CCCOC(=O)c1cc([N+](=O)[O-])c(N(CC)CC)c([N+](=O)[O-])c1. The Labute approximate surface area is 133 Å². The summed E-state index contributed by atoms with van der Waals surface area (Å²) in [5.41, 5.74) is -1.26. The Morgan fingerprint density at radius 3 is 1.91 bits per heavy atom. The molecule has 23 heavy (non-hydrogen) atoms. The predicted octanol–water partition coefficient (Wildman–Crippen LogP) is 2.92. The van der Waals surface area contributed by atoms with Crippen molar-refractivity contribution in [2.45, 2.75) is 27.2 Å². The maximum absolute atomic E-state index is 11.9. The van der Waals surface area contributed by atoms with Crippen LogP contribution in [0.3, 0.4) is 0 Å². The Kier molecular flexibility index (Phi) is 6.43. The molecule has 9 nitrogen and oxygen atoms in total. The van der Waals surface area contributed by atoms with Gasteiger partial charge in [0.2, 0.25) is 0 Å². The molecule has 126 valence electrons. The van der Waals surface area contributed by atoms with Gasteiger partial charge in [0.1, 0.15) is 0 Å². The molecule has 0 aromatic heterocycles. The molecule has 0 spiro atoms. The van der Waals surface area contributed by atoms with Crippen molar-refractivity contribution in [3.63, 3.8) is 0 Å². The lowest BCUT2D eigenvalue weighted by Gasteiger charge is -2.20. The number of anilines is 1. The van der Waals surface area contributed by atoms with E-state index in [1.807, 2.05) is 0 Å². The van der Waals surface area contributed by atoms with Crippen LogP contribution in [0.1, 0.15) is 37.6 Å². The Morgan fingerprint density at radius 2 is 1.57 bits per heavy atom. The third-order valence-corrected chi connectivity index (χ3v) is 3.22. The lowest BCUT2D eigenvalue weighted by Crippen LogP contribution is -2.24. The first-order valence-corrected chi connectivity index (χ1v) is 7.26. The minimum Gasteiger partial charge on any atom is -0.462 e. The molecular formula is C14H19N3O6. The molecule has 0 atom stereocenters. The standard InChI is InChI=1S/C14H19N3O6/c1-4-7-23-14(18)10-8-11(16(19)20)13(15(5-2)6-3)12(9-10)17(21)22/h8-9H,4-7H2,1-3H3. The molecule has 0 saturated carbocycles. The van der Waals surface area contributed by atoms with E-state index in [0.29, 0.717) is 19.5 Å². The number of hydrogen-bond donors (Lipinski definition) is 0. The fourth-order valence-electron chi connectivity index (χ4n) is 2.14. The molecule has 0 amide bonds. The van der Waals surface area contributed by atoms with Crippen LogP contribution in [0.15, 0.2) is 12.1 Å². The van der Waals surface area contributed by atoms with Crippen LogP contribution < -0.4 is 4.90 Å². The summed E-state index contributed by atoms with van der Waals surface area (Å²) in [6.45, 7) is 6.12. The number of esters is 1. The van der Waals surface area contributed by atoms with E-state index in [0.717, 1.165) is 12.1 Å². The Bertz CT molecular complexity index is 578. The van der Waals surface area contributed by atoms with Crippen LogP contribution in [-0.2, 0) is 4.74 Å². The van der Waals surface area contributed by atoms with Crippen molar-refractivity contribution < 1.29 is 19.4 Å². The zero-order valence-electron chi connectivity index (χ0n) is 13.3. The lowest BCUT2D eigenvalue weighted by molar-refractivity contribution is -0.392. The van der Waals surface area contributed by atoms with Crippen LogP contribution in [0.25, 0.3) is 0 Å². The Morgan fingerprint density at radius 1 is 1.09 bits per heavy atom. The molecule has 0 heterocycles. The fourth-order valence-corrected chi connectivity index (χ4v) is 2.14. The molecule has 0 N–H and O–H groups in total. The largest absolute Gasteiger partial charge is 0.462 e. The Hall–Kier alpha value is -2.71. The number of nitro benzene ring substituents is 2. The van der Waals surface area contributed by atoms with Crippen molar-refractivity contribution in [2.75, 3.05) is 24.6 Å². The quantitative estimate of drug-likeness (QED) is 0.410. The molecular weight excluding hydrogens is 306 g/mol.